The van der Waals surface area contributed by atoms with Gasteiger partial charge in [0.2, 0.25) is 5.91 Å². The molecule has 0 aromatic carbocycles. The van der Waals surface area contributed by atoms with Gasteiger partial charge in [0.25, 0.3) is 0 Å². The lowest BCUT2D eigenvalue weighted by Crippen LogP contribution is -2.15. The summed E-state index contributed by atoms with van der Waals surface area (Å²) in [7, 11) is 0. The summed E-state index contributed by atoms with van der Waals surface area (Å²) in [6.45, 7) is 0. The molecule has 0 fully saturated rings. The topological polar surface area (TPSA) is 80.9 Å². The van der Waals surface area contributed by atoms with Crippen molar-refractivity contribution in [1.29, 1.82) is 0 Å². The predicted octanol–water partition coefficient (Wildman–Crippen LogP) is 2.66. The zero-order valence-electron chi connectivity index (χ0n) is 9.73. The average molecular weight is 342 g/mol. The molecular formula is C12H10BrClN4O. The third-order valence-electron chi connectivity index (χ3n) is 2.27. The minimum atomic E-state index is -0.187. The lowest BCUT2D eigenvalue weighted by Gasteiger charge is -2.05. The van der Waals surface area contributed by atoms with Crippen LogP contribution in [0.5, 0.6) is 0 Å². The van der Waals surface area contributed by atoms with E-state index in [9.17, 15) is 4.79 Å². The van der Waals surface area contributed by atoms with Crippen LogP contribution in [0, 0.1) is 0 Å². The number of halogens is 2. The first-order valence-corrected chi connectivity index (χ1v) is 6.53. The molecule has 19 heavy (non-hydrogen) atoms. The van der Waals surface area contributed by atoms with Crippen LogP contribution in [0.25, 0.3) is 0 Å². The molecule has 2 heterocycles. The van der Waals surface area contributed by atoms with Crippen molar-refractivity contribution < 1.29 is 4.79 Å². The number of nitrogen functional groups attached to an aromatic ring is 1. The Morgan fingerprint density at radius 3 is 2.79 bits per heavy atom. The number of hydrogen-bond donors (Lipinski definition) is 2. The van der Waals surface area contributed by atoms with Crippen LogP contribution in [-0.4, -0.2) is 15.9 Å². The quantitative estimate of drug-likeness (QED) is 0.841. The Morgan fingerprint density at radius 1 is 1.37 bits per heavy atom. The highest BCUT2D eigenvalue weighted by molar-refractivity contribution is 9.10. The molecule has 0 saturated carbocycles. The molecule has 2 rings (SSSR count). The van der Waals surface area contributed by atoms with E-state index in [4.69, 9.17) is 17.3 Å². The molecule has 3 N–H and O–H groups in total. The standard InChI is InChI=1S/C12H10BrClN4O/c13-10-3-9(6-17-12(10)14)18-11(19)4-8-2-1-7(15)5-16-8/h1-3,5-6H,4,15H2,(H,18,19). The fourth-order valence-corrected chi connectivity index (χ4v) is 1.85. The van der Waals surface area contributed by atoms with Crippen molar-refractivity contribution in [2.45, 2.75) is 6.42 Å². The van der Waals surface area contributed by atoms with E-state index >= 15 is 0 Å². The van der Waals surface area contributed by atoms with E-state index in [2.05, 4.69) is 31.2 Å². The maximum absolute atomic E-state index is 11.8. The van der Waals surface area contributed by atoms with E-state index in [1.165, 1.54) is 12.4 Å². The first kappa shape index (κ1) is 13.8. The summed E-state index contributed by atoms with van der Waals surface area (Å²) in [5, 5.41) is 3.06. The van der Waals surface area contributed by atoms with Gasteiger partial charge >= 0.3 is 0 Å². The van der Waals surface area contributed by atoms with E-state index in [1.807, 2.05) is 0 Å². The van der Waals surface area contributed by atoms with Gasteiger partial charge in [-0.2, -0.15) is 0 Å². The third kappa shape index (κ3) is 3.90. The summed E-state index contributed by atoms with van der Waals surface area (Å²) in [4.78, 5) is 19.8. The van der Waals surface area contributed by atoms with E-state index in [0.717, 1.165) is 0 Å². The second-order valence-electron chi connectivity index (χ2n) is 3.80. The number of nitrogens with zero attached hydrogens (tertiary/aromatic N) is 2. The molecule has 0 aliphatic carbocycles. The SMILES string of the molecule is Nc1ccc(CC(=O)Nc2cnc(Cl)c(Br)c2)nc1. The van der Waals surface area contributed by atoms with Crippen molar-refractivity contribution in [3.63, 3.8) is 0 Å². The molecule has 0 saturated heterocycles. The van der Waals surface area contributed by atoms with E-state index in [1.54, 1.807) is 18.2 Å². The Hall–Kier alpha value is -1.66. The number of nitrogens with two attached hydrogens (primary N) is 1. The summed E-state index contributed by atoms with van der Waals surface area (Å²) < 4.78 is 0.623. The van der Waals surface area contributed by atoms with Gasteiger partial charge in [-0.05, 0) is 34.1 Å². The maximum Gasteiger partial charge on any atom is 0.230 e. The Morgan fingerprint density at radius 2 is 2.16 bits per heavy atom. The highest BCUT2D eigenvalue weighted by Gasteiger charge is 2.07. The van der Waals surface area contributed by atoms with E-state index in [-0.39, 0.29) is 12.3 Å². The number of anilines is 2. The predicted molar refractivity (Wildman–Crippen MR) is 77.9 cm³/mol. The molecule has 0 radical (unpaired) electrons. The molecule has 0 aliphatic heterocycles. The van der Waals surface area contributed by atoms with Crippen molar-refractivity contribution in [2.24, 2.45) is 0 Å². The second-order valence-corrected chi connectivity index (χ2v) is 5.02. The normalized spacial score (nSPS) is 10.2. The summed E-state index contributed by atoms with van der Waals surface area (Å²) in [6, 6.07) is 5.10. The molecule has 0 aliphatic rings. The van der Waals surface area contributed by atoms with Gasteiger partial charge < -0.3 is 11.1 Å². The Kier molecular flexibility index (Phi) is 4.34. The van der Waals surface area contributed by atoms with Gasteiger partial charge in [0, 0.05) is 5.69 Å². The molecule has 2 aromatic heterocycles. The fourth-order valence-electron chi connectivity index (χ4n) is 1.40. The van der Waals surface area contributed by atoms with Crippen molar-refractivity contribution in [2.75, 3.05) is 11.1 Å². The molecule has 0 unspecified atom stereocenters. The van der Waals surface area contributed by atoms with Crippen LogP contribution < -0.4 is 11.1 Å². The smallest absolute Gasteiger partial charge is 0.230 e. The van der Waals surface area contributed by atoms with Crippen LogP contribution in [0.15, 0.2) is 35.1 Å². The van der Waals surface area contributed by atoms with Crippen LogP contribution in [0.1, 0.15) is 5.69 Å². The van der Waals surface area contributed by atoms with Crippen molar-refractivity contribution in [1.82, 2.24) is 9.97 Å². The molecule has 0 spiro atoms. The summed E-state index contributed by atoms with van der Waals surface area (Å²) in [6.07, 6.45) is 3.17. The van der Waals surface area contributed by atoms with Gasteiger partial charge in [-0.25, -0.2) is 4.98 Å². The molecule has 5 nitrogen and oxygen atoms in total. The van der Waals surface area contributed by atoms with Crippen molar-refractivity contribution in [3.8, 4) is 0 Å². The largest absolute Gasteiger partial charge is 0.397 e. The number of rotatable bonds is 3. The van der Waals surface area contributed by atoms with Crippen molar-refractivity contribution in [3.05, 3.63) is 45.9 Å². The zero-order chi connectivity index (χ0) is 13.8. The van der Waals surface area contributed by atoms with Crippen LogP contribution in [-0.2, 0) is 11.2 Å². The lowest BCUT2D eigenvalue weighted by molar-refractivity contribution is -0.115. The van der Waals surface area contributed by atoms with Gasteiger partial charge in [-0.1, -0.05) is 11.6 Å². The number of nitrogens with one attached hydrogen (secondary N) is 1. The summed E-state index contributed by atoms with van der Waals surface area (Å²) in [5.41, 5.74) is 7.30. The van der Waals surface area contributed by atoms with Crippen LogP contribution in [0.3, 0.4) is 0 Å². The Labute approximate surface area is 123 Å². The Bertz CT molecular complexity index is 603. The lowest BCUT2D eigenvalue weighted by atomic mass is 10.2. The molecule has 0 atom stereocenters. The number of carbonyl (C=O) groups is 1. The van der Waals surface area contributed by atoms with E-state index in [0.29, 0.717) is 26.7 Å². The number of carbonyl (C=O) groups excluding carboxylic acids is 1. The monoisotopic (exact) mass is 340 g/mol. The van der Waals surface area contributed by atoms with E-state index < -0.39 is 0 Å². The fraction of sp³-hybridized carbons (Fsp3) is 0.0833. The zero-order valence-corrected chi connectivity index (χ0v) is 12.1. The number of hydrogen-bond acceptors (Lipinski definition) is 4. The number of pyridine rings is 2. The van der Waals surface area contributed by atoms with Crippen LogP contribution >= 0.6 is 27.5 Å². The van der Waals surface area contributed by atoms with Gasteiger partial charge in [0.1, 0.15) is 5.15 Å². The summed E-state index contributed by atoms with van der Waals surface area (Å²) in [5.74, 6) is -0.187. The molecule has 98 valence electrons. The highest BCUT2D eigenvalue weighted by atomic mass is 79.9. The minimum Gasteiger partial charge on any atom is -0.397 e. The minimum absolute atomic E-state index is 0.167. The maximum atomic E-state index is 11.8. The van der Waals surface area contributed by atoms with Crippen LogP contribution in [0.2, 0.25) is 5.15 Å². The first-order valence-electron chi connectivity index (χ1n) is 5.36. The highest BCUT2D eigenvalue weighted by Crippen LogP contribution is 2.22. The number of aromatic nitrogens is 2. The van der Waals surface area contributed by atoms with Gasteiger partial charge in [-0.15, -0.1) is 0 Å². The van der Waals surface area contributed by atoms with Crippen LogP contribution in [0.4, 0.5) is 11.4 Å². The Balaban J connectivity index is 2.01. The van der Waals surface area contributed by atoms with Gasteiger partial charge in [-0.3, -0.25) is 9.78 Å². The summed E-state index contributed by atoms with van der Waals surface area (Å²) >= 11 is 9.01. The van der Waals surface area contributed by atoms with Crippen molar-refractivity contribution >= 4 is 44.8 Å². The molecule has 7 heteroatoms. The van der Waals surface area contributed by atoms with Gasteiger partial charge in [0.05, 0.1) is 34.7 Å². The van der Waals surface area contributed by atoms with Gasteiger partial charge in [0.15, 0.2) is 0 Å². The average Bonchev–Trinajstić information content (AvgIpc) is 2.37. The third-order valence-corrected chi connectivity index (χ3v) is 3.40. The molecular weight excluding hydrogens is 332 g/mol. The first-order chi connectivity index (χ1) is 9.04. The molecule has 0 bridgehead atoms. The molecule has 2 aromatic rings. The second kappa shape index (κ2) is 5.99. The molecule has 1 amide bonds. The number of amides is 1.